The summed E-state index contributed by atoms with van der Waals surface area (Å²) in [6, 6.07) is 0.662. The van der Waals surface area contributed by atoms with Crippen LogP contribution in [0.4, 0.5) is 18.9 Å². The molecule has 1 aromatic heterocycles. The van der Waals surface area contributed by atoms with E-state index in [0.717, 1.165) is 11.8 Å². The highest BCUT2D eigenvalue weighted by Gasteiger charge is 2.34. The van der Waals surface area contributed by atoms with E-state index in [4.69, 9.17) is 11.6 Å². The summed E-state index contributed by atoms with van der Waals surface area (Å²) in [6.45, 7) is 0. The second-order valence-corrected chi connectivity index (χ2v) is 4.34. The number of pyridine rings is 1. The Hall–Kier alpha value is -1.02. The van der Waals surface area contributed by atoms with Gasteiger partial charge in [0.05, 0.1) is 9.82 Å². The fourth-order valence-corrected chi connectivity index (χ4v) is 1.98. The molecule has 0 N–H and O–H groups in total. The van der Waals surface area contributed by atoms with E-state index in [2.05, 4.69) is 4.98 Å². The minimum atomic E-state index is -4.62. The molecule has 0 aromatic carbocycles. The fourth-order valence-electron chi connectivity index (χ4n) is 0.986. The molecule has 0 saturated heterocycles. The van der Waals surface area contributed by atoms with Gasteiger partial charge in [-0.15, -0.1) is 23.4 Å². The first-order valence-electron chi connectivity index (χ1n) is 4.26. The first-order chi connectivity index (χ1) is 7.86. The van der Waals surface area contributed by atoms with E-state index in [0.29, 0.717) is 12.3 Å². The van der Waals surface area contributed by atoms with Gasteiger partial charge in [0.1, 0.15) is 11.9 Å². The van der Waals surface area contributed by atoms with Crippen LogP contribution in [-0.2, 0) is 6.18 Å². The number of thioether (sulfide) groups is 1. The van der Waals surface area contributed by atoms with Gasteiger partial charge in [0.25, 0.3) is 0 Å². The van der Waals surface area contributed by atoms with Crippen LogP contribution >= 0.6 is 23.4 Å². The molecule has 94 valence electrons. The number of rotatable bonds is 4. The average Bonchev–Trinajstić information content (AvgIpc) is 2.24. The standard InChI is InChI=1S/C8H6ClF3N2O2S/c9-1-2-17-6-3-7(8(10,11)12)13-4-5(6)14(15)16/h3-4H,1-2H2. The molecule has 0 aliphatic carbocycles. The molecule has 0 spiro atoms. The van der Waals surface area contributed by atoms with Gasteiger partial charge in [0, 0.05) is 11.6 Å². The topological polar surface area (TPSA) is 56.0 Å². The number of hydrogen-bond donors (Lipinski definition) is 0. The Morgan fingerprint density at radius 3 is 2.65 bits per heavy atom. The lowest BCUT2D eigenvalue weighted by Crippen LogP contribution is -2.08. The van der Waals surface area contributed by atoms with Crippen LogP contribution < -0.4 is 0 Å². The maximum atomic E-state index is 12.4. The van der Waals surface area contributed by atoms with Crippen molar-refractivity contribution in [3.05, 3.63) is 28.1 Å². The predicted molar refractivity (Wildman–Crippen MR) is 57.3 cm³/mol. The van der Waals surface area contributed by atoms with E-state index < -0.39 is 22.5 Å². The van der Waals surface area contributed by atoms with E-state index in [1.54, 1.807) is 0 Å². The Morgan fingerprint density at radius 2 is 2.18 bits per heavy atom. The van der Waals surface area contributed by atoms with Crippen molar-refractivity contribution in [3.63, 3.8) is 0 Å². The first kappa shape index (κ1) is 14.0. The largest absolute Gasteiger partial charge is 0.433 e. The van der Waals surface area contributed by atoms with Crippen LogP contribution in [0.5, 0.6) is 0 Å². The maximum absolute atomic E-state index is 12.4. The first-order valence-corrected chi connectivity index (χ1v) is 5.78. The summed E-state index contributed by atoms with van der Waals surface area (Å²) in [6.07, 6.45) is -4.01. The van der Waals surface area contributed by atoms with Crippen molar-refractivity contribution in [1.82, 2.24) is 4.98 Å². The molecule has 0 atom stereocenters. The summed E-state index contributed by atoms with van der Waals surface area (Å²) in [5, 5.41) is 10.6. The number of alkyl halides is 4. The van der Waals surface area contributed by atoms with Crippen molar-refractivity contribution < 1.29 is 18.1 Å². The second kappa shape index (κ2) is 5.54. The zero-order valence-electron chi connectivity index (χ0n) is 8.20. The van der Waals surface area contributed by atoms with Gasteiger partial charge in [-0.1, -0.05) is 0 Å². The third-order valence-corrected chi connectivity index (χ3v) is 3.13. The van der Waals surface area contributed by atoms with Crippen LogP contribution in [0.15, 0.2) is 17.2 Å². The molecular formula is C8H6ClF3N2O2S. The smallest absolute Gasteiger partial charge is 0.258 e. The van der Waals surface area contributed by atoms with Gasteiger partial charge in [0.15, 0.2) is 0 Å². The van der Waals surface area contributed by atoms with E-state index in [1.165, 1.54) is 0 Å². The minimum Gasteiger partial charge on any atom is -0.258 e. The fraction of sp³-hybridized carbons (Fsp3) is 0.375. The molecular weight excluding hydrogens is 281 g/mol. The second-order valence-electron chi connectivity index (χ2n) is 2.83. The summed E-state index contributed by atoms with van der Waals surface area (Å²) in [5.41, 5.74) is -1.60. The van der Waals surface area contributed by atoms with E-state index in [1.807, 2.05) is 0 Å². The molecule has 0 amide bonds. The number of nitro groups is 1. The Kier molecular flexibility index (Phi) is 4.58. The lowest BCUT2D eigenvalue weighted by molar-refractivity contribution is -0.388. The highest BCUT2D eigenvalue weighted by atomic mass is 35.5. The van der Waals surface area contributed by atoms with E-state index >= 15 is 0 Å². The molecule has 0 radical (unpaired) electrons. The van der Waals surface area contributed by atoms with Gasteiger partial charge in [-0.25, -0.2) is 4.98 Å². The van der Waals surface area contributed by atoms with Crippen LogP contribution in [0.3, 0.4) is 0 Å². The molecule has 17 heavy (non-hydrogen) atoms. The van der Waals surface area contributed by atoms with Gasteiger partial charge in [-0.2, -0.15) is 13.2 Å². The predicted octanol–water partition coefficient (Wildman–Crippen LogP) is 3.34. The molecule has 1 rings (SSSR count). The Labute approximate surface area is 103 Å². The summed E-state index contributed by atoms with van der Waals surface area (Å²) in [5.74, 6) is 0.467. The molecule has 0 aliphatic heterocycles. The number of hydrogen-bond acceptors (Lipinski definition) is 4. The molecule has 0 fully saturated rings. The van der Waals surface area contributed by atoms with Gasteiger partial charge >= 0.3 is 11.9 Å². The number of halogens is 4. The summed E-state index contributed by atoms with van der Waals surface area (Å²) < 4.78 is 37.1. The van der Waals surface area contributed by atoms with Crippen LogP contribution in [-0.4, -0.2) is 21.5 Å². The number of nitrogens with zero attached hydrogens (tertiary/aromatic N) is 2. The number of aromatic nitrogens is 1. The molecule has 1 aromatic rings. The Morgan fingerprint density at radius 1 is 1.53 bits per heavy atom. The summed E-state index contributed by atoms with van der Waals surface area (Å²) in [4.78, 5) is 12.8. The van der Waals surface area contributed by atoms with Crippen molar-refractivity contribution >= 4 is 29.1 Å². The SMILES string of the molecule is O=[N+]([O-])c1cnc(C(F)(F)F)cc1SCCCl. The van der Waals surface area contributed by atoms with Crippen molar-refractivity contribution in [2.24, 2.45) is 0 Å². The Bertz CT molecular complexity index is 428. The van der Waals surface area contributed by atoms with Crippen molar-refractivity contribution in [3.8, 4) is 0 Å². The molecule has 1 heterocycles. The molecule has 0 unspecified atom stereocenters. The summed E-state index contributed by atoms with van der Waals surface area (Å²) >= 11 is 6.28. The highest BCUT2D eigenvalue weighted by molar-refractivity contribution is 7.99. The van der Waals surface area contributed by atoms with Gasteiger partial charge in [0.2, 0.25) is 0 Å². The van der Waals surface area contributed by atoms with Gasteiger partial charge in [-0.3, -0.25) is 10.1 Å². The third-order valence-electron chi connectivity index (χ3n) is 1.67. The monoisotopic (exact) mass is 286 g/mol. The van der Waals surface area contributed by atoms with E-state index in [-0.39, 0.29) is 16.5 Å². The third kappa shape index (κ3) is 3.74. The zero-order valence-corrected chi connectivity index (χ0v) is 9.77. The van der Waals surface area contributed by atoms with Crippen LogP contribution in [0.2, 0.25) is 0 Å². The molecule has 0 saturated carbocycles. The normalized spacial score (nSPS) is 11.5. The van der Waals surface area contributed by atoms with Gasteiger partial charge in [-0.05, 0) is 6.07 Å². The average molecular weight is 287 g/mol. The zero-order chi connectivity index (χ0) is 13.1. The highest BCUT2D eigenvalue weighted by Crippen LogP contribution is 2.34. The van der Waals surface area contributed by atoms with E-state index in [9.17, 15) is 23.3 Å². The summed E-state index contributed by atoms with van der Waals surface area (Å²) in [7, 11) is 0. The van der Waals surface area contributed by atoms with Crippen LogP contribution in [0.1, 0.15) is 5.69 Å². The van der Waals surface area contributed by atoms with Crippen LogP contribution in [0, 0.1) is 10.1 Å². The minimum absolute atomic E-state index is 0.0852. The molecule has 9 heteroatoms. The lowest BCUT2D eigenvalue weighted by Gasteiger charge is -2.07. The molecule has 0 aliphatic rings. The quantitative estimate of drug-likeness (QED) is 0.369. The molecule has 0 bridgehead atoms. The Balaban J connectivity index is 3.14. The van der Waals surface area contributed by atoms with Crippen molar-refractivity contribution in [2.45, 2.75) is 11.1 Å². The maximum Gasteiger partial charge on any atom is 0.433 e. The van der Waals surface area contributed by atoms with Crippen molar-refractivity contribution in [2.75, 3.05) is 11.6 Å². The van der Waals surface area contributed by atoms with Crippen LogP contribution in [0.25, 0.3) is 0 Å². The van der Waals surface area contributed by atoms with Gasteiger partial charge < -0.3 is 0 Å². The lowest BCUT2D eigenvalue weighted by atomic mass is 10.3. The molecule has 4 nitrogen and oxygen atoms in total. The van der Waals surface area contributed by atoms with Crippen molar-refractivity contribution in [1.29, 1.82) is 0 Å².